The zero-order chi connectivity index (χ0) is 13.7. The van der Waals surface area contributed by atoms with Gasteiger partial charge in [0.2, 0.25) is 0 Å². The Morgan fingerprint density at radius 2 is 2.37 bits per heavy atom. The van der Waals surface area contributed by atoms with Gasteiger partial charge in [0, 0.05) is 31.6 Å². The van der Waals surface area contributed by atoms with Crippen molar-refractivity contribution in [3.63, 3.8) is 0 Å². The van der Waals surface area contributed by atoms with Crippen molar-refractivity contribution in [2.75, 3.05) is 31.6 Å². The van der Waals surface area contributed by atoms with Gasteiger partial charge in [0.15, 0.2) is 5.13 Å². The largest absolute Gasteiger partial charge is 0.376 e. The number of hydrogen-bond acceptors (Lipinski definition) is 5. The number of nitrogens with zero attached hydrogens (tertiary/aromatic N) is 2. The predicted molar refractivity (Wildman–Crippen MR) is 81.1 cm³/mol. The van der Waals surface area contributed by atoms with Crippen LogP contribution in [0.25, 0.3) is 0 Å². The number of anilines is 1. The first-order chi connectivity index (χ1) is 9.20. The van der Waals surface area contributed by atoms with Gasteiger partial charge in [0.05, 0.1) is 11.8 Å². The van der Waals surface area contributed by atoms with Crippen LogP contribution in [0.5, 0.6) is 0 Å². The summed E-state index contributed by atoms with van der Waals surface area (Å²) in [5.41, 5.74) is 1.16. The molecule has 4 nitrogen and oxygen atoms in total. The number of aryl methyl sites for hydroxylation is 1. The molecule has 2 heterocycles. The van der Waals surface area contributed by atoms with Crippen molar-refractivity contribution in [2.45, 2.75) is 45.8 Å². The van der Waals surface area contributed by atoms with Gasteiger partial charge in [-0.3, -0.25) is 0 Å². The van der Waals surface area contributed by atoms with E-state index in [1.165, 1.54) is 24.1 Å². The molecule has 1 N–H and O–H groups in total. The van der Waals surface area contributed by atoms with Gasteiger partial charge in [0.1, 0.15) is 0 Å². The van der Waals surface area contributed by atoms with Crippen LogP contribution in [-0.2, 0) is 11.3 Å². The van der Waals surface area contributed by atoms with E-state index in [-0.39, 0.29) is 0 Å². The molecule has 0 spiro atoms. The molecule has 108 valence electrons. The number of aromatic nitrogens is 1. The van der Waals surface area contributed by atoms with Gasteiger partial charge in [-0.1, -0.05) is 6.92 Å². The lowest BCUT2D eigenvalue weighted by Gasteiger charge is -2.19. The summed E-state index contributed by atoms with van der Waals surface area (Å²) < 4.78 is 5.68. The molecule has 1 aliphatic heterocycles. The predicted octanol–water partition coefficient (Wildman–Crippen LogP) is 2.57. The fourth-order valence-electron chi connectivity index (χ4n) is 2.29. The molecule has 0 bridgehead atoms. The van der Waals surface area contributed by atoms with Crippen molar-refractivity contribution in [1.82, 2.24) is 10.3 Å². The molecule has 2 rings (SSSR count). The Bertz CT molecular complexity index is 388. The first kappa shape index (κ1) is 14.8. The van der Waals surface area contributed by atoms with Crippen molar-refractivity contribution in [3.05, 3.63) is 10.6 Å². The number of rotatable bonds is 7. The maximum Gasteiger partial charge on any atom is 0.185 e. The van der Waals surface area contributed by atoms with Gasteiger partial charge in [-0.2, -0.15) is 0 Å². The number of thiazole rings is 1. The van der Waals surface area contributed by atoms with Crippen LogP contribution >= 0.6 is 11.3 Å². The third-order valence-corrected chi connectivity index (χ3v) is 4.69. The Morgan fingerprint density at radius 1 is 1.53 bits per heavy atom. The molecule has 0 aliphatic carbocycles. The Morgan fingerprint density at radius 3 is 3.05 bits per heavy atom. The summed E-state index contributed by atoms with van der Waals surface area (Å²) >= 11 is 1.80. The summed E-state index contributed by atoms with van der Waals surface area (Å²) in [4.78, 5) is 8.26. The molecule has 1 fully saturated rings. The van der Waals surface area contributed by atoms with E-state index in [1.54, 1.807) is 11.3 Å². The van der Waals surface area contributed by atoms with E-state index >= 15 is 0 Å². The number of likely N-dealkylation sites (N-methyl/N-ethyl adjacent to an activating group) is 1. The minimum absolute atomic E-state index is 0.385. The summed E-state index contributed by atoms with van der Waals surface area (Å²) in [6, 6.07) is 0. The zero-order valence-electron chi connectivity index (χ0n) is 12.2. The van der Waals surface area contributed by atoms with Crippen LogP contribution in [0.15, 0.2) is 0 Å². The molecule has 5 heteroatoms. The molecular weight excluding hydrogens is 258 g/mol. The monoisotopic (exact) mass is 283 g/mol. The summed E-state index contributed by atoms with van der Waals surface area (Å²) in [7, 11) is 2.11. The highest BCUT2D eigenvalue weighted by Crippen LogP contribution is 2.26. The molecule has 0 radical (unpaired) electrons. The van der Waals surface area contributed by atoms with Crippen LogP contribution in [0, 0.1) is 6.92 Å². The lowest BCUT2D eigenvalue weighted by atomic mass is 10.2. The molecule has 1 unspecified atom stereocenters. The zero-order valence-corrected chi connectivity index (χ0v) is 13.1. The molecule has 1 aromatic heterocycles. The van der Waals surface area contributed by atoms with Crippen molar-refractivity contribution < 1.29 is 4.74 Å². The summed E-state index contributed by atoms with van der Waals surface area (Å²) in [5, 5.41) is 4.56. The van der Waals surface area contributed by atoms with Crippen LogP contribution in [0.1, 0.15) is 36.8 Å². The maximum atomic E-state index is 5.68. The molecule has 0 saturated carbocycles. The molecule has 0 aromatic carbocycles. The van der Waals surface area contributed by atoms with Crippen molar-refractivity contribution in [3.8, 4) is 0 Å². The quantitative estimate of drug-likeness (QED) is 0.781. The van der Waals surface area contributed by atoms with Crippen molar-refractivity contribution in [2.24, 2.45) is 0 Å². The van der Waals surface area contributed by atoms with Gasteiger partial charge in [-0.25, -0.2) is 4.98 Å². The van der Waals surface area contributed by atoms with E-state index in [0.29, 0.717) is 6.10 Å². The van der Waals surface area contributed by atoms with Gasteiger partial charge < -0.3 is 15.0 Å². The molecular formula is C14H25N3OS. The Balaban J connectivity index is 1.90. The fraction of sp³-hybridized carbons (Fsp3) is 0.786. The normalized spacial score (nSPS) is 19.0. The van der Waals surface area contributed by atoms with E-state index in [4.69, 9.17) is 4.74 Å². The maximum absolute atomic E-state index is 5.68. The van der Waals surface area contributed by atoms with Crippen molar-refractivity contribution in [1.29, 1.82) is 0 Å². The fourth-order valence-corrected chi connectivity index (χ4v) is 3.29. The Hall–Kier alpha value is -0.650. The lowest BCUT2D eigenvalue weighted by Crippen LogP contribution is -2.28. The molecule has 0 amide bonds. The summed E-state index contributed by atoms with van der Waals surface area (Å²) in [6.45, 7) is 8.16. The Kier molecular flexibility index (Phi) is 5.60. The standard InChI is InChI=1S/C14H25N3OS/c1-4-7-15-9-13-11(2)16-14(19-13)17(3)10-12-6-5-8-18-12/h12,15H,4-10H2,1-3H3. The SMILES string of the molecule is CCCNCc1sc(N(C)CC2CCCO2)nc1C. The third kappa shape index (κ3) is 4.16. The molecule has 1 atom stereocenters. The number of nitrogens with one attached hydrogen (secondary N) is 1. The highest BCUT2D eigenvalue weighted by molar-refractivity contribution is 7.15. The average Bonchev–Trinajstić information content (AvgIpc) is 3.00. The van der Waals surface area contributed by atoms with E-state index < -0.39 is 0 Å². The third-order valence-electron chi connectivity index (χ3n) is 3.42. The van der Waals surface area contributed by atoms with E-state index in [1.807, 2.05) is 0 Å². The first-order valence-electron chi connectivity index (χ1n) is 7.20. The van der Waals surface area contributed by atoms with E-state index in [9.17, 15) is 0 Å². The van der Waals surface area contributed by atoms with Crippen molar-refractivity contribution >= 4 is 16.5 Å². The Labute approximate surface area is 120 Å². The van der Waals surface area contributed by atoms with Crippen LogP contribution in [0.2, 0.25) is 0 Å². The van der Waals surface area contributed by atoms with Gasteiger partial charge in [0.25, 0.3) is 0 Å². The van der Waals surface area contributed by atoms with Crippen LogP contribution in [-0.4, -0.2) is 37.8 Å². The van der Waals surface area contributed by atoms with Gasteiger partial charge in [-0.15, -0.1) is 11.3 Å². The summed E-state index contributed by atoms with van der Waals surface area (Å²) in [6.07, 6.45) is 3.93. The molecule has 19 heavy (non-hydrogen) atoms. The molecule has 1 aromatic rings. The highest BCUT2D eigenvalue weighted by atomic mass is 32.1. The van der Waals surface area contributed by atoms with Gasteiger partial charge >= 0.3 is 0 Å². The van der Waals surface area contributed by atoms with Gasteiger partial charge in [-0.05, 0) is 32.7 Å². The second-order valence-electron chi connectivity index (χ2n) is 5.20. The van der Waals surface area contributed by atoms with Crippen LogP contribution in [0.4, 0.5) is 5.13 Å². The molecule has 1 aliphatic rings. The minimum Gasteiger partial charge on any atom is -0.376 e. The first-order valence-corrected chi connectivity index (χ1v) is 8.02. The average molecular weight is 283 g/mol. The topological polar surface area (TPSA) is 37.4 Å². The number of hydrogen-bond donors (Lipinski definition) is 1. The highest BCUT2D eigenvalue weighted by Gasteiger charge is 2.19. The second-order valence-corrected chi connectivity index (χ2v) is 6.26. The second kappa shape index (κ2) is 7.22. The smallest absolute Gasteiger partial charge is 0.185 e. The lowest BCUT2D eigenvalue weighted by molar-refractivity contribution is 0.116. The molecule has 1 saturated heterocycles. The van der Waals surface area contributed by atoms with Crippen LogP contribution in [0.3, 0.4) is 0 Å². The summed E-state index contributed by atoms with van der Waals surface area (Å²) in [5.74, 6) is 0. The van der Waals surface area contributed by atoms with E-state index in [0.717, 1.165) is 37.1 Å². The number of ether oxygens (including phenoxy) is 1. The van der Waals surface area contributed by atoms with E-state index in [2.05, 4.69) is 36.1 Å². The van der Waals surface area contributed by atoms with Crippen LogP contribution < -0.4 is 10.2 Å². The minimum atomic E-state index is 0.385.